The summed E-state index contributed by atoms with van der Waals surface area (Å²) in [7, 11) is 1.73. The Kier molecular flexibility index (Phi) is 4.59. The summed E-state index contributed by atoms with van der Waals surface area (Å²) < 4.78 is 5.67. The number of ether oxygens (including phenoxy) is 1. The molecule has 0 bridgehead atoms. The minimum Gasteiger partial charge on any atom is -0.481 e. The third-order valence-corrected chi connectivity index (χ3v) is 3.95. The number of rotatable bonds is 5. The zero-order valence-electron chi connectivity index (χ0n) is 13.4. The second kappa shape index (κ2) is 6.25. The Morgan fingerprint density at radius 2 is 2.18 bits per heavy atom. The molecule has 1 amide bonds. The molecule has 0 saturated carbocycles. The molecule has 0 aromatic heterocycles. The van der Waals surface area contributed by atoms with Gasteiger partial charge < -0.3 is 19.6 Å². The number of nitrogens with zero attached hydrogens (tertiary/aromatic N) is 2. The fraction of sp³-hybridized carbons (Fsp3) is 0.500. The highest BCUT2D eigenvalue weighted by Gasteiger charge is 2.29. The molecule has 1 aromatic rings. The molecular weight excluding hydrogens is 284 g/mol. The number of carboxylic acids is 1. The number of amides is 1. The largest absolute Gasteiger partial charge is 0.481 e. The number of fused-ring (bicyclic) bond motifs is 1. The third kappa shape index (κ3) is 3.00. The number of hydrogen-bond donors (Lipinski definition) is 1. The first-order valence-electron chi connectivity index (χ1n) is 7.41. The number of carbonyl (C=O) groups excluding carboxylic acids is 1. The van der Waals surface area contributed by atoms with Crippen LogP contribution < -0.4 is 14.5 Å². The van der Waals surface area contributed by atoms with Crippen LogP contribution in [0, 0.1) is 5.92 Å². The topological polar surface area (TPSA) is 70.1 Å². The molecule has 0 aliphatic carbocycles. The van der Waals surface area contributed by atoms with Gasteiger partial charge in [0.1, 0.15) is 5.75 Å². The maximum absolute atomic E-state index is 11.9. The van der Waals surface area contributed by atoms with Gasteiger partial charge in [-0.2, -0.15) is 0 Å². The van der Waals surface area contributed by atoms with Crippen molar-refractivity contribution in [1.82, 2.24) is 0 Å². The molecule has 1 N–H and O–H groups in total. The first-order chi connectivity index (χ1) is 10.3. The van der Waals surface area contributed by atoms with Crippen LogP contribution in [0.5, 0.6) is 5.75 Å². The van der Waals surface area contributed by atoms with E-state index < -0.39 is 18.0 Å². The van der Waals surface area contributed by atoms with Gasteiger partial charge in [0.05, 0.1) is 11.6 Å². The summed E-state index contributed by atoms with van der Waals surface area (Å²) in [5, 5.41) is 9.07. The van der Waals surface area contributed by atoms with Crippen molar-refractivity contribution >= 4 is 23.3 Å². The fourth-order valence-electron chi connectivity index (χ4n) is 2.53. The van der Waals surface area contributed by atoms with Crippen molar-refractivity contribution in [1.29, 1.82) is 0 Å². The molecule has 2 rings (SSSR count). The van der Waals surface area contributed by atoms with Gasteiger partial charge in [0.15, 0.2) is 6.10 Å². The Balaban J connectivity index is 2.28. The van der Waals surface area contributed by atoms with Crippen LogP contribution in [-0.4, -0.2) is 43.2 Å². The summed E-state index contributed by atoms with van der Waals surface area (Å²) in [4.78, 5) is 26.5. The molecular formula is C16H22N2O4. The van der Waals surface area contributed by atoms with E-state index >= 15 is 0 Å². The lowest BCUT2D eigenvalue weighted by Gasteiger charge is -2.32. The molecule has 2 atom stereocenters. The molecule has 22 heavy (non-hydrogen) atoms. The van der Waals surface area contributed by atoms with Gasteiger partial charge in [-0.05, 0) is 26.0 Å². The summed E-state index contributed by atoms with van der Waals surface area (Å²) >= 11 is 0. The highest BCUT2D eigenvalue weighted by Crippen LogP contribution is 2.36. The molecule has 6 nitrogen and oxygen atoms in total. The van der Waals surface area contributed by atoms with E-state index in [1.807, 2.05) is 30.0 Å². The van der Waals surface area contributed by atoms with Crippen LogP contribution in [0.2, 0.25) is 0 Å². The lowest BCUT2D eigenvalue weighted by molar-refractivity contribution is -0.140. The van der Waals surface area contributed by atoms with Gasteiger partial charge in [-0.25, -0.2) is 0 Å². The number of likely N-dealkylation sites (N-methyl/N-ethyl adjacent to an activating group) is 1. The third-order valence-electron chi connectivity index (χ3n) is 3.95. The summed E-state index contributed by atoms with van der Waals surface area (Å²) in [6, 6.07) is 5.59. The molecule has 1 aliphatic rings. The zero-order valence-corrected chi connectivity index (χ0v) is 13.4. The predicted octanol–water partition coefficient (Wildman–Crippen LogP) is 1.98. The molecule has 1 heterocycles. The smallest absolute Gasteiger partial charge is 0.308 e. The van der Waals surface area contributed by atoms with Crippen LogP contribution in [0.1, 0.15) is 20.8 Å². The normalized spacial score (nSPS) is 18.5. The Morgan fingerprint density at radius 3 is 2.77 bits per heavy atom. The van der Waals surface area contributed by atoms with Gasteiger partial charge in [0.25, 0.3) is 5.91 Å². The van der Waals surface area contributed by atoms with E-state index in [2.05, 4.69) is 0 Å². The molecule has 1 aliphatic heterocycles. The SMILES string of the molecule is CCN(CC(C)C(=O)O)c1ccc2c(c1)OC(C)C(=O)N2C. The van der Waals surface area contributed by atoms with Crippen molar-refractivity contribution in [3.05, 3.63) is 18.2 Å². The second-order valence-electron chi connectivity index (χ2n) is 5.59. The number of aliphatic carboxylic acids is 1. The molecule has 6 heteroatoms. The molecule has 0 saturated heterocycles. The average Bonchev–Trinajstić information content (AvgIpc) is 2.49. The van der Waals surface area contributed by atoms with Gasteiger partial charge in [-0.15, -0.1) is 0 Å². The van der Waals surface area contributed by atoms with E-state index in [9.17, 15) is 9.59 Å². The Morgan fingerprint density at radius 1 is 1.50 bits per heavy atom. The van der Waals surface area contributed by atoms with Crippen molar-refractivity contribution in [3.8, 4) is 5.75 Å². The summed E-state index contributed by atoms with van der Waals surface area (Å²) in [6.07, 6.45) is -0.513. The fourth-order valence-corrected chi connectivity index (χ4v) is 2.53. The van der Waals surface area contributed by atoms with Crippen molar-refractivity contribution in [2.45, 2.75) is 26.9 Å². The summed E-state index contributed by atoms with van der Waals surface area (Å²) in [5.41, 5.74) is 1.62. The maximum Gasteiger partial charge on any atom is 0.308 e. The molecule has 2 unspecified atom stereocenters. The second-order valence-corrected chi connectivity index (χ2v) is 5.59. The Bertz CT molecular complexity index is 588. The maximum atomic E-state index is 11.9. The standard InChI is InChI=1S/C16H22N2O4/c1-5-18(9-10(2)16(20)21)12-6-7-13-14(8-12)22-11(3)15(19)17(13)4/h6-8,10-11H,5,9H2,1-4H3,(H,20,21). The van der Waals surface area contributed by atoms with Gasteiger partial charge in [0, 0.05) is 31.9 Å². The quantitative estimate of drug-likeness (QED) is 0.900. The van der Waals surface area contributed by atoms with Crippen LogP contribution in [0.25, 0.3) is 0 Å². The molecule has 0 fully saturated rings. The number of hydrogen-bond acceptors (Lipinski definition) is 4. The van der Waals surface area contributed by atoms with E-state index in [0.717, 1.165) is 11.4 Å². The number of carboxylic acid groups (broad SMARTS) is 1. The highest BCUT2D eigenvalue weighted by molar-refractivity contribution is 5.99. The van der Waals surface area contributed by atoms with Crippen LogP contribution in [0.3, 0.4) is 0 Å². The highest BCUT2D eigenvalue weighted by atomic mass is 16.5. The van der Waals surface area contributed by atoms with E-state index in [4.69, 9.17) is 9.84 Å². The van der Waals surface area contributed by atoms with Crippen molar-refractivity contribution in [3.63, 3.8) is 0 Å². The first kappa shape index (κ1) is 16.1. The van der Waals surface area contributed by atoms with Gasteiger partial charge in [-0.3, -0.25) is 9.59 Å². The molecule has 0 spiro atoms. The van der Waals surface area contributed by atoms with E-state index in [1.54, 1.807) is 25.8 Å². The monoisotopic (exact) mass is 306 g/mol. The van der Waals surface area contributed by atoms with E-state index in [-0.39, 0.29) is 5.91 Å². The van der Waals surface area contributed by atoms with Crippen molar-refractivity contribution < 1.29 is 19.4 Å². The van der Waals surface area contributed by atoms with Crippen molar-refractivity contribution in [2.75, 3.05) is 29.9 Å². The molecule has 120 valence electrons. The lowest BCUT2D eigenvalue weighted by atomic mass is 10.1. The summed E-state index contributed by atoms with van der Waals surface area (Å²) in [5.74, 6) is -0.702. The minimum atomic E-state index is -0.813. The van der Waals surface area contributed by atoms with E-state index in [1.165, 1.54) is 0 Å². The van der Waals surface area contributed by atoms with Gasteiger partial charge in [0.2, 0.25) is 0 Å². The average molecular weight is 306 g/mol. The molecule has 0 radical (unpaired) electrons. The summed E-state index contributed by atoms with van der Waals surface area (Å²) in [6.45, 7) is 6.51. The van der Waals surface area contributed by atoms with Gasteiger partial charge in [-0.1, -0.05) is 6.92 Å². The predicted molar refractivity (Wildman–Crippen MR) is 84.6 cm³/mol. The molecule has 1 aromatic carbocycles. The zero-order chi connectivity index (χ0) is 16.4. The first-order valence-corrected chi connectivity index (χ1v) is 7.41. The Hall–Kier alpha value is -2.24. The number of anilines is 2. The van der Waals surface area contributed by atoms with Crippen LogP contribution in [0.15, 0.2) is 18.2 Å². The van der Waals surface area contributed by atoms with Crippen molar-refractivity contribution in [2.24, 2.45) is 5.92 Å². The van der Waals surface area contributed by atoms with E-state index in [0.29, 0.717) is 18.8 Å². The van der Waals surface area contributed by atoms with Gasteiger partial charge >= 0.3 is 5.97 Å². The lowest BCUT2D eigenvalue weighted by Crippen LogP contribution is -2.42. The number of carbonyl (C=O) groups is 2. The van der Waals surface area contributed by atoms with Crippen LogP contribution in [-0.2, 0) is 9.59 Å². The van der Waals surface area contributed by atoms with Crippen LogP contribution >= 0.6 is 0 Å². The number of benzene rings is 1. The van der Waals surface area contributed by atoms with Crippen LogP contribution in [0.4, 0.5) is 11.4 Å². The minimum absolute atomic E-state index is 0.0768. The Labute approximate surface area is 130 Å².